The highest BCUT2D eigenvalue weighted by atomic mass is 32.1. The lowest BCUT2D eigenvalue weighted by molar-refractivity contribution is -0.116. The second-order valence-corrected chi connectivity index (χ2v) is 6.75. The Labute approximate surface area is 146 Å². The average molecular weight is 362 g/mol. The highest BCUT2D eigenvalue weighted by molar-refractivity contribution is 7.16. The lowest BCUT2D eigenvalue weighted by atomic mass is 10.3. The highest BCUT2D eigenvalue weighted by Gasteiger charge is 2.09. The molecule has 4 nitrogen and oxygen atoms in total. The van der Waals surface area contributed by atoms with Crippen molar-refractivity contribution >= 4 is 33.7 Å². The maximum atomic E-state index is 13.4. The minimum absolute atomic E-state index is 0.126. The highest BCUT2D eigenvalue weighted by Crippen LogP contribution is 2.28. The third kappa shape index (κ3) is 4.39. The Balaban J connectivity index is 1.42. The number of carbonyl (C=O) groups excluding carboxylic acids is 1. The molecule has 3 rings (SSSR count). The molecule has 0 aliphatic carbocycles. The molecule has 2 heterocycles. The Morgan fingerprint density at radius 1 is 1.21 bits per heavy atom. The molecule has 3 aromatic rings. The van der Waals surface area contributed by atoms with Gasteiger partial charge in [-0.05, 0) is 30.0 Å². The van der Waals surface area contributed by atoms with Gasteiger partial charge < -0.3 is 10.1 Å². The number of hydrogen-bond acceptors (Lipinski definition) is 5. The van der Waals surface area contributed by atoms with Gasteiger partial charge in [0.05, 0.1) is 17.2 Å². The first kappa shape index (κ1) is 16.6. The number of benzene rings is 1. The molecule has 0 radical (unpaired) electrons. The Morgan fingerprint density at radius 3 is 2.88 bits per heavy atom. The quantitative estimate of drug-likeness (QED) is 0.614. The van der Waals surface area contributed by atoms with Gasteiger partial charge in [-0.15, -0.1) is 22.7 Å². The molecule has 0 atom stereocenters. The molecule has 0 saturated heterocycles. The maximum Gasteiger partial charge on any atom is 0.226 e. The van der Waals surface area contributed by atoms with Crippen molar-refractivity contribution in [3.63, 3.8) is 0 Å². The van der Waals surface area contributed by atoms with Gasteiger partial charge >= 0.3 is 0 Å². The molecule has 0 aliphatic heterocycles. The van der Waals surface area contributed by atoms with Crippen LogP contribution in [0.3, 0.4) is 0 Å². The van der Waals surface area contributed by atoms with E-state index in [4.69, 9.17) is 4.74 Å². The minimum Gasteiger partial charge on any atom is -0.491 e. The number of nitrogens with one attached hydrogen (secondary N) is 1. The van der Waals surface area contributed by atoms with E-state index in [-0.39, 0.29) is 18.3 Å². The van der Waals surface area contributed by atoms with Crippen LogP contribution in [-0.4, -0.2) is 17.5 Å². The number of halogens is 1. The van der Waals surface area contributed by atoms with Crippen molar-refractivity contribution in [2.24, 2.45) is 0 Å². The molecule has 0 spiro atoms. The van der Waals surface area contributed by atoms with Crippen molar-refractivity contribution < 1.29 is 13.9 Å². The summed E-state index contributed by atoms with van der Waals surface area (Å²) in [6.45, 7) is 0.284. The first-order valence-corrected chi connectivity index (χ1v) is 9.15. The topological polar surface area (TPSA) is 51.2 Å². The summed E-state index contributed by atoms with van der Waals surface area (Å²) in [7, 11) is 0. The van der Waals surface area contributed by atoms with E-state index in [9.17, 15) is 9.18 Å². The van der Waals surface area contributed by atoms with E-state index < -0.39 is 5.82 Å². The number of thiazole rings is 1. The van der Waals surface area contributed by atoms with Gasteiger partial charge in [0.2, 0.25) is 5.91 Å². The number of rotatable bonds is 7. The summed E-state index contributed by atoms with van der Waals surface area (Å²) < 4.78 is 18.7. The van der Waals surface area contributed by atoms with Crippen LogP contribution in [0.15, 0.2) is 47.2 Å². The summed E-state index contributed by atoms with van der Waals surface area (Å²) in [4.78, 5) is 17.4. The van der Waals surface area contributed by atoms with E-state index in [1.165, 1.54) is 17.4 Å². The molecule has 0 bridgehead atoms. The number of hydrogen-bond donors (Lipinski definition) is 1. The number of nitrogens with zero attached hydrogens (tertiary/aromatic N) is 1. The van der Waals surface area contributed by atoms with Crippen LogP contribution in [0.1, 0.15) is 12.8 Å². The zero-order valence-corrected chi connectivity index (χ0v) is 14.3. The van der Waals surface area contributed by atoms with Crippen LogP contribution in [0.2, 0.25) is 0 Å². The summed E-state index contributed by atoms with van der Waals surface area (Å²) >= 11 is 3.01. The van der Waals surface area contributed by atoms with Crippen molar-refractivity contribution in [3.8, 4) is 16.3 Å². The molecule has 0 unspecified atom stereocenters. The van der Waals surface area contributed by atoms with Crippen LogP contribution in [-0.2, 0) is 4.79 Å². The number of carbonyl (C=O) groups is 1. The monoisotopic (exact) mass is 362 g/mol. The number of anilines is 1. The number of para-hydroxylation sites is 1. The van der Waals surface area contributed by atoms with Crippen molar-refractivity contribution in [1.29, 1.82) is 0 Å². The van der Waals surface area contributed by atoms with E-state index in [1.807, 2.05) is 22.9 Å². The fourth-order valence-corrected chi connectivity index (χ4v) is 3.51. The molecule has 1 N–H and O–H groups in total. The van der Waals surface area contributed by atoms with Gasteiger partial charge in [-0.3, -0.25) is 4.79 Å². The Hall–Kier alpha value is -2.25. The van der Waals surface area contributed by atoms with E-state index >= 15 is 0 Å². The van der Waals surface area contributed by atoms with Crippen LogP contribution in [0, 0.1) is 5.82 Å². The molecule has 0 saturated carbocycles. The van der Waals surface area contributed by atoms with E-state index in [0.717, 1.165) is 10.6 Å². The smallest absolute Gasteiger partial charge is 0.226 e. The summed E-state index contributed by atoms with van der Waals surface area (Å²) in [6.07, 6.45) is 0.797. The molecule has 24 heavy (non-hydrogen) atoms. The van der Waals surface area contributed by atoms with E-state index in [1.54, 1.807) is 29.5 Å². The second-order valence-electron chi connectivity index (χ2n) is 4.95. The van der Waals surface area contributed by atoms with Gasteiger partial charge in [0, 0.05) is 11.8 Å². The standard InChI is InChI=1S/C17H15FN2O2S2/c18-12-5-1-2-6-14(12)22-9-3-8-16(21)20-17-19-13(11-24-17)15-7-4-10-23-15/h1-2,4-7,10-11H,3,8-9H2,(H,19,20,21). The average Bonchev–Trinajstić information content (AvgIpc) is 3.24. The Bertz CT molecular complexity index is 803. The lowest BCUT2D eigenvalue weighted by Crippen LogP contribution is -2.12. The Morgan fingerprint density at radius 2 is 2.08 bits per heavy atom. The molecule has 0 aliphatic rings. The molecule has 124 valence electrons. The normalized spacial score (nSPS) is 10.5. The third-order valence-electron chi connectivity index (χ3n) is 3.17. The number of ether oxygens (including phenoxy) is 1. The molecule has 1 amide bonds. The minimum atomic E-state index is -0.397. The van der Waals surface area contributed by atoms with Crippen LogP contribution < -0.4 is 10.1 Å². The molecule has 1 aromatic carbocycles. The Kier molecular flexibility index (Phi) is 5.55. The lowest BCUT2D eigenvalue weighted by Gasteiger charge is -2.06. The van der Waals surface area contributed by atoms with Gasteiger partial charge in [-0.1, -0.05) is 18.2 Å². The number of thiophene rings is 1. The van der Waals surface area contributed by atoms with Crippen molar-refractivity contribution in [2.45, 2.75) is 12.8 Å². The molecule has 0 fully saturated rings. The van der Waals surface area contributed by atoms with Crippen LogP contribution in [0.5, 0.6) is 5.75 Å². The summed E-state index contributed by atoms with van der Waals surface area (Å²) in [6, 6.07) is 10.2. The molecule has 7 heteroatoms. The summed E-state index contributed by atoms with van der Waals surface area (Å²) in [5, 5.41) is 7.27. The molecular weight excluding hydrogens is 347 g/mol. The summed E-state index contributed by atoms with van der Waals surface area (Å²) in [5.74, 6) is -0.316. The first-order valence-electron chi connectivity index (χ1n) is 7.39. The number of aromatic nitrogens is 1. The fourth-order valence-electron chi connectivity index (χ4n) is 2.03. The van der Waals surface area contributed by atoms with Gasteiger partial charge in [0.15, 0.2) is 16.7 Å². The van der Waals surface area contributed by atoms with Gasteiger partial charge in [0.25, 0.3) is 0 Å². The fraction of sp³-hybridized carbons (Fsp3) is 0.176. The second kappa shape index (κ2) is 8.03. The van der Waals surface area contributed by atoms with E-state index in [2.05, 4.69) is 10.3 Å². The van der Waals surface area contributed by atoms with Crippen molar-refractivity contribution in [1.82, 2.24) is 4.98 Å². The largest absolute Gasteiger partial charge is 0.491 e. The SMILES string of the molecule is O=C(CCCOc1ccccc1F)Nc1nc(-c2cccs2)cs1. The zero-order chi connectivity index (χ0) is 16.8. The van der Waals surface area contributed by atoms with Crippen LogP contribution in [0.4, 0.5) is 9.52 Å². The van der Waals surface area contributed by atoms with E-state index in [0.29, 0.717) is 18.0 Å². The first-order chi connectivity index (χ1) is 11.7. The van der Waals surface area contributed by atoms with Crippen molar-refractivity contribution in [2.75, 3.05) is 11.9 Å². The maximum absolute atomic E-state index is 13.4. The van der Waals surface area contributed by atoms with Gasteiger partial charge in [-0.2, -0.15) is 0 Å². The van der Waals surface area contributed by atoms with Gasteiger partial charge in [0.1, 0.15) is 0 Å². The summed E-state index contributed by atoms with van der Waals surface area (Å²) in [5.41, 5.74) is 0.869. The zero-order valence-electron chi connectivity index (χ0n) is 12.7. The predicted molar refractivity (Wildman–Crippen MR) is 95.2 cm³/mol. The predicted octanol–water partition coefficient (Wildman–Crippen LogP) is 4.81. The van der Waals surface area contributed by atoms with Crippen molar-refractivity contribution in [3.05, 3.63) is 53.0 Å². The molecule has 2 aromatic heterocycles. The van der Waals surface area contributed by atoms with Crippen LogP contribution >= 0.6 is 22.7 Å². The van der Waals surface area contributed by atoms with Crippen LogP contribution in [0.25, 0.3) is 10.6 Å². The third-order valence-corrected chi connectivity index (χ3v) is 4.82. The molecular formula is C17H15FN2O2S2. The van der Waals surface area contributed by atoms with Gasteiger partial charge in [-0.25, -0.2) is 9.37 Å². The number of amides is 1.